The Morgan fingerprint density at radius 2 is 1.81 bits per heavy atom. The van der Waals surface area contributed by atoms with Crippen LogP contribution in [0.1, 0.15) is 53.8 Å². The fraction of sp³-hybridized carbons (Fsp3) is 0.450. The van der Waals surface area contributed by atoms with Gasteiger partial charge in [-0.3, -0.25) is 9.59 Å². The first kappa shape index (κ1) is 18.2. The second-order valence-corrected chi connectivity index (χ2v) is 7.08. The predicted octanol–water partition coefficient (Wildman–Crippen LogP) is 3.25. The molecular formula is C20H25N3O3. The second-order valence-electron chi connectivity index (χ2n) is 7.08. The van der Waals surface area contributed by atoms with E-state index in [0.717, 1.165) is 36.2 Å². The molecule has 1 aromatic carbocycles. The maximum atomic E-state index is 12.7. The molecule has 0 aliphatic heterocycles. The van der Waals surface area contributed by atoms with Crippen molar-refractivity contribution in [2.75, 3.05) is 0 Å². The SMILES string of the molecule is Cc1ccc(-n2nc(C(=O)N[C@H]3CCCCC[C@H]3C(=O)O)cc2C)cc1. The highest BCUT2D eigenvalue weighted by Crippen LogP contribution is 2.24. The minimum Gasteiger partial charge on any atom is -0.481 e. The zero-order valence-electron chi connectivity index (χ0n) is 15.2. The first-order valence-corrected chi connectivity index (χ1v) is 9.13. The summed E-state index contributed by atoms with van der Waals surface area (Å²) >= 11 is 0. The van der Waals surface area contributed by atoms with E-state index in [-0.39, 0.29) is 11.9 Å². The van der Waals surface area contributed by atoms with Gasteiger partial charge in [0.2, 0.25) is 0 Å². The van der Waals surface area contributed by atoms with Crippen molar-refractivity contribution in [3.63, 3.8) is 0 Å². The molecular weight excluding hydrogens is 330 g/mol. The third kappa shape index (κ3) is 3.95. The van der Waals surface area contributed by atoms with Gasteiger partial charge >= 0.3 is 5.97 Å². The summed E-state index contributed by atoms with van der Waals surface area (Å²) in [6, 6.07) is 9.32. The molecule has 2 atom stereocenters. The van der Waals surface area contributed by atoms with Gasteiger partial charge in [0.15, 0.2) is 5.69 Å². The third-order valence-electron chi connectivity index (χ3n) is 5.05. The molecule has 6 nitrogen and oxygen atoms in total. The lowest BCUT2D eigenvalue weighted by Gasteiger charge is -2.22. The molecule has 0 spiro atoms. The number of aliphatic carboxylic acids is 1. The standard InChI is InChI=1S/C20H25N3O3/c1-13-8-10-15(11-9-13)23-14(2)12-18(22-23)19(24)21-17-7-5-3-4-6-16(17)20(25)26/h8-12,16-17H,3-7H2,1-2H3,(H,21,24)(H,25,26)/t16-,17+/m1/s1. The zero-order chi connectivity index (χ0) is 18.7. The lowest BCUT2D eigenvalue weighted by Crippen LogP contribution is -2.43. The Morgan fingerprint density at radius 3 is 2.50 bits per heavy atom. The van der Waals surface area contributed by atoms with Crippen molar-refractivity contribution in [1.82, 2.24) is 15.1 Å². The first-order chi connectivity index (χ1) is 12.5. The normalized spacial score (nSPS) is 20.4. The molecule has 0 unspecified atom stereocenters. The topological polar surface area (TPSA) is 84.2 Å². The first-order valence-electron chi connectivity index (χ1n) is 9.13. The summed E-state index contributed by atoms with van der Waals surface area (Å²) in [5.74, 6) is -1.67. The number of hydrogen-bond acceptors (Lipinski definition) is 3. The zero-order valence-corrected chi connectivity index (χ0v) is 15.2. The summed E-state index contributed by atoms with van der Waals surface area (Å²) in [6.45, 7) is 3.92. The van der Waals surface area contributed by atoms with E-state index in [0.29, 0.717) is 18.5 Å². The van der Waals surface area contributed by atoms with Gasteiger partial charge in [0.05, 0.1) is 11.6 Å². The molecule has 1 amide bonds. The number of hydrogen-bond donors (Lipinski definition) is 2. The molecule has 1 aliphatic rings. The number of amides is 1. The molecule has 1 fully saturated rings. The number of carbonyl (C=O) groups excluding carboxylic acids is 1. The molecule has 1 heterocycles. The Bertz CT molecular complexity index is 795. The van der Waals surface area contributed by atoms with E-state index in [2.05, 4.69) is 10.4 Å². The largest absolute Gasteiger partial charge is 0.481 e. The summed E-state index contributed by atoms with van der Waals surface area (Å²) in [7, 11) is 0. The van der Waals surface area contributed by atoms with E-state index in [1.807, 2.05) is 38.1 Å². The van der Waals surface area contributed by atoms with Crippen LogP contribution in [-0.2, 0) is 4.79 Å². The summed E-state index contributed by atoms with van der Waals surface area (Å²) in [5.41, 5.74) is 3.22. The Hall–Kier alpha value is -2.63. The van der Waals surface area contributed by atoms with Crippen molar-refractivity contribution in [1.29, 1.82) is 0 Å². The van der Waals surface area contributed by atoms with Crippen LogP contribution in [0.2, 0.25) is 0 Å². The molecule has 0 radical (unpaired) electrons. The van der Waals surface area contributed by atoms with Crippen LogP contribution in [-0.4, -0.2) is 32.8 Å². The minimum atomic E-state index is -0.835. The number of rotatable bonds is 4. The van der Waals surface area contributed by atoms with Crippen LogP contribution in [0.4, 0.5) is 0 Å². The van der Waals surface area contributed by atoms with Gasteiger partial charge in [-0.25, -0.2) is 4.68 Å². The van der Waals surface area contributed by atoms with Gasteiger partial charge in [-0.2, -0.15) is 5.10 Å². The summed E-state index contributed by atoms with van der Waals surface area (Å²) in [6.07, 6.45) is 4.14. The van der Waals surface area contributed by atoms with Gasteiger partial charge in [0.25, 0.3) is 5.91 Å². The van der Waals surface area contributed by atoms with Crippen molar-refractivity contribution in [2.45, 2.75) is 52.0 Å². The van der Waals surface area contributed by atoms with Gasteiger partial charge in [-0.15, -0.1) is 0 Å². The Labute approximate surface area is 153 Å². The van der Waals surface area contributed by atoms with Crippen molar-refractivity contribution in [3.8, 4) is 5.69 Å². The van der Waals surface area contributed by atoms with E-state index in [4.69, 9.17) is 0 Å². The number of aryl methyl sites for hydroxylation is 2. The summed E-state index contributed by atoms with van der Waals surface area (Å²) < 4.78 is 1.73. The number of carbonyl (C=O) groups is 2. The lowest BCUT2D eigenvalue weighted by atomic mass is 9.95. The van der Waals surface area contributed by atoms with E-state index in [1.165, 1.54) is 0 Å². The van der Waals surface area contributed by atoms with Crippen LogP contribution in [0.5, 0.6) is 0 Å². The van der Waals surface area contributed by atoms with E-state index >= 15 is 0 Å². The molecule has 6 heteroatoms. The maximum absolute atomic E-state index is 12.7. The molecule has 0 saturated heterocycles. The molecule has 1 aromatic heterocycles. The number of benzene rings is 1. The highest BCUT2D eigenvalue weighted by Gasteiger charge is 2.31. The summed E-state index contributed by atoms with van der Waals surface area (Å²) in [4.78, 5) is 24.2. The van der Waals surface area contributed by atoms with Crippen LogP contribution in [0.25, 0.3) is 5.69 Å². The minimum absolute atomic E-state index is 0.308. The second kappa shape index (κ2) is 7.72. The fourth-order valence-corrected chi connectivity index (χ4v) is 3.55. The van der Waals surface area contributed by atoms with Gasteiger partial charge in [0.1, 0.15) is 0 Å². The Kier molecular flexibility index (Phi) is 5.40. The molecule has 138 valence electrons. The van der Waals surface area contributed by atoms with Crippen LogP contribution in [0.3, 0.4) is 0 Å². The molecule has 3 rings (SSSR count). The average Bonchev–Trinajstić information content (AvgIpc) is 2.84. The molecule has 2 aromatic rings. The number of nitrogens with zero attached hydrogens (tertiary/aromatic N) is 2. The molecule has 2 N–H and O–H groups in total. The van der Waals surface area contributed by atoms with Crippen LogP contribution < -0.4 is 5.32 Å². The Morgan fingerprint density at radius 1 is 1.12 bits per heavy atom. The highest BCUT2D eigenvalue weighted by atomic mass is 16.4. The quantitative estimate of drug-likeness (QED) is 0.825. The van der Waals surface area contributed by atoms with Gasteiger partial charge in [-0.05, 0) is 44.9 Å². The number of carboxylic acid groups (broad SMARTS) is 1. The van der Waals surface area contributed by atoms with Crippen LogP contribution in [0, 0.1) is 19.8 Å². The van der Waals surface area contributed by atoms with Crippen LogP contribution >= 0.6 is 0 Å². The van der Waals surface area contributed by atoms with E-state index in [1.54, 1.807) is 10.7 Å². The van der Waals surface area contributed by atoms with Crippen molar-refractivity contribution in [2.24, 2.45) is 5.92 Å². The molecule has 1 saturated carbocycles. The van der Waals surface area contributed by atoms with Crippen LogP contribution in [0.15, 0.2) is 30.3 Å². The number of nitrogens with one attached hydrogen (secondary N) is 1. The maximum Gasteiger partial charge on any atom is 0.308 e. The van der Waals surface area contributed by atoms with E-state index < -0.39 is 11.9 Å². The van der Waals surface area contributed by atoms with Crippen molar-refractivity contribution < 1.29 is 14.7 Å². The van der Waals surface area contributed by atoms with Gasteiger partial charge < -0.3 is 10.4 Å². The number of aromatic nitrogens is 2. The highest BCUT2D eigenvalue weighted by molar-refractivity contribution is 5.93. The van der Waals surface area contributed by atoms with Gasteiger partial charge in [-0.1, -0.05) is 37.0 Å². The number of carboxylic acids is 1. The predicted molar refractivity (Wildman–Crippen MR) is 98.5 cm³/mol. The smallest absolute Gasteiger partial charge is 0.308 e. The third-order valence-corrected chi connectivity index (χ3v) is 5.05. The molecule has 1 aliphatic carbocycles. The van der Waals surface area contributed by atoms with E-state index in [9.17, 15) is 14.7 Å². The fourth-order valence-electron chi connectivity index (χ4n) is 3.55. The van der Waals surface area contributed by atoms with Crippen molar-refractivity contribution >= 4 is 11.9 Å². The average molecular weight is 355 g/mol. The Balaban J connectivity index is 1.78. The van der Waals surface area contributed by atoms with Crippen molar-refractivity contribution in [3.05, 3.63) is 47.3 Å². The lowest BCUT2D eigenvalue weighted by molar-refractivity contribution is -0.142. The van der Waals surface area contributed by atoms with Gasteiger partial charge in [0, 0.05) is 11.7 Å². The monoisotopic (exact) mass is 355 g/mol. The molecule has 0 bridgehead atoms. The summed E-state index contributed by atoms with van der Waals surface area (Å²) in [5, 5.41) is 16.8. The molecule has 26 heavy (non-hydrogen) atoms.